The standard InChI is InChI=1S/C14H20FN3O2.C2H4O2/c1-14(2,3)20-13(19)18-8-6-10(9-18)17-11-5-4-7-16-12(11)15;1-4-2-3/h4-5,7,10,17H,6,8-9H2,1-3H3;2H,1H3. The Labute approximate surface area is 141 Å². The van der Waals surface area contributed by atoms with Gasteiger partial charge in [-0.05, 0) is 39.3 Å². The van der Waals surface area contributed by atoms with Gasteiger partial charge in [-0.1, -0.05) is 0 Å². The van der Waals surface area contributed by atoms with Crippen molar-refractivity contribution in [1.29, 1.82) is 0 Å². The topological polar surface area (TPSA) is 80.8 Å². The van der Waals surface area contributed by atoms with Crippen LogP contribution in [0.15, 0.2) is 18.3 Å². The minimum atomic E-state index is -0.525. The molecule has 0 spiro atoms. The van der Waals surface area contributed by atoms with E-state index in [1.807, 2.05) is 20.8 Å². The summed E-state index contributed by atoms with van der Waals surface area (Å²) in [5.41, 5.74) is -0.138. The van der Waals surface area contributed by atoms with Gasteiger partial charge in [0.25, 0.3) is 6.47 Å². The molecule has 0 aromatic carbocycles. The van der Waals surface area contributed by atoms with Gasteiger partial charge >= 0.3 is 6.09 Å². The molecule has 134 valence electrons. The largest absolute Gasteiger partial charge is 0.471 e. The smallest absolute Gasteiger partial charge is 0.410 e. The highest BCUT2D eigenvalue weighted by molar-refractivity contribution is 5.68. The third-order valence-corrected chi connectivity index (χ3v) is 3.05. The Morgan fingerprint density at radius 3 is 2.71 bits per heavy atom. The minimum Gasteiger partial charge on any atom is -0.471 e. The molecule has 1 fully saturated rings. The van der Waals surface area contributed by atoms with Crippen molar-refractivity contribution >= 4 is 18.3 Å². The summed E-state index contributed by atoms with van der Waals surface area (Å²) in [6.45, 7) is 6.99. The molecule has 0 saturated carbocycles. The van der Waals surface area contributed by atoms with E-state index < -0.39 is 11.5 Å². The van der Waals surface area contributed by atoms with E-state index in [2.05, 4.69) is 15.0 Å². The van der Waals surface area contributed by atoms with Gasteiger partial charge < -0.3 is 19.7 Å². The number of nitrogens with one attached hydrogen (secondary N) is 1. The van der Waals surface area contributed by atoms with Crippen LogP contribution < -0.4 is 5.32 Å². The first-order valence-corrected chi connectivity index (χ1v) is 7.58. The number of carbonyl (C=O) groups excluding carboxylic acids is 2. The lowest BCUT2D eigenvalue weighted by Gasteiger charge is -2.24. The predicted molar refractivity (Wildman–Crippen MR) is 87.1 cm³/mol. The van der Waals surface area contributed by atoms with Crippen LogP contribution in [0.25, 0.3) is 0 Å². The van der Waals surface area contributed by atoms with Crippen molar-refractivity contribution in [2.75, 3.05) is 25.5 Å². The molecule has 1 aliphatic heterocycles. The van der Waals surface area contributed by atoms with Gasteiger partial charge in [0.15, 0.2) is 0 Å². The molecule has 7 nitrogen and oxygen atoms in total. The van der Waals surface area contributed by atoms with E-state index in [1.165, 1.54) is 13.3 Å². The van der Waals surface area contributed by atoms with Crippen LogP contribution >= 0.6 is 0 Å². The number of methoxy groups -OCH3 is 1. The summed E-state index contributed by atoms with van der Waals surface area (Å²) in [4.78, 5) is 26.1. The van der Waals surface area contributed by atoms with Gasteiger partial charge in [0.2, 0.25) is 5.95 Å². The second-order valence-corrected chi connectivity index (χ2v) is 6.23. The highest BCUT2D eigenvalue weighted by atomic mass is 19.1. The van der Waals surface area contributed by atoms with Crippen LogP contribution in [0, 0.1) is 5.95 Å². The van der Waals surface area contributed by atoms with Crippen molar-refractivity contribution in [2.24, 2.45) is 0 Å². The predicted octanol–water partition coefficient (Wildman–Crippen LogP) is 2.43. The maximum Gasteiger partial charge on any atom is 0.410 e. The summed E-state index contributed by atoms with van der Waals surface area (Å²) < 4.78 is 22.6. The molecule has 2 heterocycles. The lowest BCUT2D eigenvalue weighted by molar-refractivity contribution is -0.126. The molecule has 1 N–H and O–H groups in total. The van der Waals surface area contributed by atoms with Crippen LogP contribution in [0.4, 0.5) is 14.9 Å². The van der Waals surface area contributed by atoms with E-state index in [0.29, 0.717) is 25.2 Å². The molecule has 0 radical (unpaired) electrons. The number of anilines is 1. The molecule has 1 aromatic heterocycles. The number of halogens is 1. The average Bonchev–Trinajstić information content (AvgIpc) is 2.97. The Hall–Kier alpha value is -2.38. The normalized spacial score (nSPS) is 16.7. The van der Waals surface area contributed by atoms with Crippen LogP contribution in [0.1, 0.15) is 27.2 Å². The average molecular weight is 341 g/mol. The molecule has 1 saturated heterocycles. The van der Waals surface area contributed by atoms with Crippen LogP contribution in [-0.2, 0) is 14.3 Å². The van der Waals surface area contributed by atoms with Gasteiger partial charge in [0, 0.05) is 25.3 Å². The van der Waals surface area contributed by atoms with Crippen LogP contribution in [0.5, 0.6) is 0 Å². The van der Waals surface area contributed by atoms with Crippen molar-refractivity contribution in [3.8, 4) is 0 Å². The Bertz CT molecular complexity index is 548. The number of likely N-dealkylation sites (tertiary alicyclic amines) is 1. The lowest BCUT2D eigenvalue weighted by Crippen LogP contribution is -2.36. The van der Waals surface area contributed by atoms with Gasteiger partial charge in [-0.3, -0.25) is 4.79 Å². The number of amides is 1. The fraction of sp³-hybridized carbons (Fsp3) is 0.562. The lowest BCUT2D eigenvalue weighted by atomic mass is 10.2. The van der Waals surface area contributed by atoms with Crippen molar-refractivity contribution in [3.05, 3.63) is 24.3 Å². The van der Waals surface area contributed by atoms with E-state index in [9.17, 15) is 9.18 Å². The molecular weight excluding hydrogens is 317 g/mol. The highest BCUT2D eigenvalue weighted by Crippen LogP contribution is 2.19. The zero-order valence-corrected chi connectivity index (χ0v) is 14.4. The molecule has 24 heavy (non-hydrogen) atoms. The number of aromatic nitrogens is 1. The first-order chi connectivity index (χ1) is 11.3. The van der Waals surface area contributed by atoms with E-state index in [4.69, 9.17) is 9.53 Å². The summed E-state index contributed by atoms with van der Waals surface area (Å²) in [5.74, 6) is -0.525. The van der Waals surface area contributed by atoms with Crippen LogP contribution in [0.3, 0.4) is 0 Å². The number of rotatable bonds is 3. The molecule has 0 bridgehead atoms. The van der Waals surface area contributed by atoms with Gasteiger partial charge in [0.05, 0.1) is 12.8 Å². The fourth-order valence-corrected chi connectivity index (χ4v) is 2.08. The molecule has 0 aliphatic carbocycles. The van der Waals surface area contributed by atoms with Gasteiger partial charge in [0.1, 0.15) is 5.60 Å². The number of hydrogen-bond acceptors (Lipinski definition) is 6. The van der Waals surface area contributed by atoms with E-state index >= 15 is 0 Å². The first-order valence-electron chi connectivity index (χ1n) is 7.58. The van der Waals surface area contributed by atoms with E-state index in [1.54, 1.807) is 17.0 Å². The highest BCUT2D eigenvalue weighted by Gasteiger charge is 2.30. The monoisotopic (exact) mass is 341 g/mol. The Morgan fingerprint density at radius 1 is 1.50 bits per heavy atom. The van der Waals surface area contributed by atoms with E-state index in [-0.39, 0.29) is 12.1 Å². The van der Waals surface area contributed by atoms with Crippen LogP contribution in [0.2, 0.25) is 0 Å². The first kappa shape index (κ1) is 19.7. The molecular formula is C16H24FN3O4. The molecule has 1 aromatic rings. The summed E-state index contributed by atoms with van der Waals surface area (Å²) in [7, 11) is 1.31. The summed E-state index contributed by atoms with van der Waals surface area (Å²) in [6, 6.07) is 3.33. The minimum absolute atomic E-state index is 0.0150. The second kappa shape index (κ2) is 9.05. The molecule has 1 amide bonds. The Balaban J connectivity index is 0.000000648. The zero-order chi connectivity index (χ0) is 18.2. The second-order valence-electron chi connectivity index (χ2n) is 6.23. The number of nitrogens with zero attached hydrogens (tertiary/aromatic N) is 2. The maximum atomic E-state index is 13.4. The van der Waals surface area contributed by atoms with Crippen LogP contribution in [-0.4, -0.2) is 54.3 Å². The Morgan fingerprint density at radius 2 is 2.17 bits per heavy atom. The summed E-state index contributed by atoms with van der Waals surface area (Å²) >= 11 is 0. The van der Waals surface area contributed by atoms with E-state index in [0.717, 1.165) is 6.42 Å². The summed E-state index contributed by atoms with van der Waals surface area (Å²) in [6.07, 6.45) is 1.84. The zero-order valence-electron chi connectivity index (χ0n) is 14.4. The maximum absolute atomic E-state index is 13.4. The molecule has 1 unspecified atom stereocenters. The number of pyridine rings is 1. The van der Waals surface area contributed by atoms with Crippen molar-refractivity contribution < 1.29 is 23.5 Å². The van der Waals surface area contributed by atoms with Crippen molar-refractivity contribution in [2.45, 2.75) is 38.8 Å². The van der Waals surface area contributed by atoms with Gasteiger partial charge in [-0.15, -0.1) is 0 Å². The molecule has 1 aliphatic rings. The third kappa shape index (κ3) is 6.80. The van der Waals surface area contributed by atoms with Crippen molar-refractivity contribution in [3.63, 3.8) is 0 Å². The molecule has 8 heteroatoms. The third-order valence-electron chi connectivity index (χ3n) is 3.05. The number of hydrogen-bond donors (Lipinski definition) is 1. The molecule has 1 atom stereocenters. The molecule has 2 rings (SSSR count). The van der Waals surface area contributed by atoms with Gasteiger partial charge in [-0.25, -0.2) is 9.78 Å². The van der Waals surface area contributed by atoms with Gasteiger partial charge in [-0.2, -0.15) is 4.39 Å². The number of carbonyl (C=O) groups is 2. The van der Waals surface area contributed by atoms with Crippen molar-refractivity contribution in [1.82, 2.24) is 9.88 Å². The number of ether oxygens (including phenoxy) is 2. The fourth-order valence-electron chi connectivity index (χ4n) is 2.08. The summed E-state index contributed by atoms with van der Waals surface area (Å²) in [5, 5.41) is 3.07. The SMILES string of the molecule is CC(C)(C)OC(=O)N1CCC(Nc2cccnc2F)C1.COC=O. The quantitative estimate of drug-likeness (QED) is 0.672. The Kier molecular flexibility index (Phi) is 7.41.